The predicted molar refractivity (Wildman–Crippen MR) is 256 cm³/mol. The maximum absolute atomic E-state index is 15.4. The van der Waals surface area contributed by atoms with Gasteiger partial charge in [-0.1, -0.05) is 133 Å². The van der Waals surface area contributed by atoms with Crippen LogP contribution >= 0.6 is 0 Å². The second-order valence-electron chi connectivity index (χ2n) is 19.9. The lowest BCUT2D eigenvalue weighted by Crippen LogP contribution is -2.61. The summed E-state index contributed by atoms with van der Waals surface area (Å²) >= 11 is 0. The second-order valence-corrected chi connectivity index (χ2v) is 19.9. The number of rotatable bonds is 0. The molecule has 0 N–H and O–H groups in total. The van der Waals surface area contributed by atoms with Crippen LogP contribution in [0.5, 0.6) is 0 Å². The Labute approximate surface area is 369 Å². The zero-order valence-electron chi connectivity index (χ0n) is 34.6. The van der Waals surface area contributed by atoms with Crippen molar-refractivity contribution in [3.8, 4) is 0 Å². The topological polar surface area (TPSA) is 55.6 Å². The molecule has 6 aliphatic rings. The van der Waals surface area contributed by atoms with Crippen molar-refractivity contribution in [2.75, 3.05) is 0 Å². The molecule has 0 amide bonds. The van der Waals surface area contributed by atoms with E-state index in [4.69, 9.17) is 0 Å². The van der Waals surface area contributed by atoms with Crippen molar-refractivity contribution in [3.05, 3.63) is 241 Å². The smallest absolute Gasteiger partial charge is 0.195 e. The molecule has 6 aliphatic carbocycles. The van der Waals surface area contributed by atoms with Gasteiger partial charge in [0.1, 0.15) is 0 Å². The van der Waals surface area contributed by atoms with Gasteiger partial charge in [0.2, 0.25) is 0 Å². The van der Waals surface area contributed by atoms with E-state index >= 15 is 14.4 Å². The number of carbonyl (C=O) groups is 2. The second kappa shape index (κ2) is 10.0. The summed E-state index contributed by atoms with van der Waals surface area (Å²) in [4.78, 5) is 46.0. The van der Waals surface area contributed by atoms with E-state index in [0.717, 1.165) is 98.4 Å². The molecule has 0 saturated heterocycles. The van der Waals surface area contributed by atoms with Crippen LogP contribution in [0, 0.1) is 0 Å². The molecular formula is C61H31NO3. The van der Waals surface area contributed by atoms with Gasteiger partial charge in [-0.3, -0.25) is 14.4 Å². The standard InChI is InChI=1S/C61H31NO3/c63-57-34-18-10-12-28-11-9-17-29(49(28)34)36-24-39-35-23-37-40(58(64)54-32-15-3-7-21-45(32)60(54)43-19-5-1-13-30(43)52(37)60)26-47(35)62-48-27-41-38(25-42(48)50(51(36)57)56(39)62)53-31-14-2-6-20-44(31)61(53)46-22-8-4-16-33(46)55(61)59(41)65/h1-27,52-55H. The van der Waals surface area contributed by atoms with Crippen molar-refractivity contribution in [3.63, 3.8) is 0 Å². The lowest BCUT2D eigenvalue weighted by Gasteiger charge is -2.64. The number of ketones is 2. The van der Waals surface area contributed by atoms with Crippen LogP contribution in [-0.2, 0) is 10.8 Å². The number of nitrogens with zero attached hydrogens (tertiary/aromatic N) is 1. The molecule has 65 heavy (non-hydrogen) atoms. The van der Waals surface area contributed by atoms with Gasteiger partial charge < -0.3 is 4.40 Å². The number of hydrogen-bond donors (Lipinski definition) is 0. The zero-order chi connectivity index (χ0) is 42.1. The Kier molecular flexibility index (Phi) is 5.05. The molecule has 2 heterocycles. The molecule has 18 rings (SSSR count). The van der Waals surface area contributed by atoms with Crippen molar-refractivity contribution in [1.29, 1.82) is 0 Å². The monoisotopic (exact) mass is 825 g/mol. The highest BCUT2D eigenvalue weighted by Gasteiger charge is 2.70. The third-order valence-corrected chi connectivity index (χ3v) is 17.9. The molecule has 0 radical (unpaired) electrons. The fourth-order valence-corrected chi connectivity index (χ4v) is 15.9. The Bertz CT molecular complexity index is 4470. The molecular weight excluding hydrogens is 795 g/mol. The first-order chi connectivity index (χ1) is 32.0. The van der Waals surface area contributed by atoms with Crippen LogP contribution in [0.25, 0.3) is 70.4 Å². The minimum atomic E-state index is -0.406. The first-order valence-electron chi connectivity index (χ1n) is 22.9. The van der Waals surface area contributed by atoms with Gasteiger partial charge in [-0.25, -0.2) is 0 Å². The van der Waals surface area contributed by atoms with Crippen LogP contribution in [0.15, 0.2) is 169 Å². The average molecular weight is 826 g/mol. The summed E-state index contributed by atoms with van der Waals surface area (Å²) in [7, 11) is 0. The van der Waals surface area contributed by atoms with E-state index in [-0.39, 0.29) is 46.1 Å². The Balaban J connectivity index is 1.02. The molecule has 0 saturated carbocycles. The summed E-state index contributed by atoms with van der Waals surface area (Å²) in [5.41, 5.74) is 15.6. The molecule has 6 unspecified atom stereocenters. The maximum atomic E-state index is 15.4. The summed E-state index contributed by atoms with van der Waals surface area (Å²) in [5.74, 6) is -0.131. The molecule has 4 nitrogen and oxygen atoms in total. The molecule has 4 heteroatoms. The van der Waals surface area contributed by atoms with E-state index in [1.165, 1.54) is 33.4 Å². The number of fused-ring (bicyclic) bond motifs is 21. The Hall–Kier alpha value is -7.95. The highest BCUT2D eigenvalue weighted by Crippen LogP contribution is 2.75. The van der Waals surface area contributed by atoms with Crippen molar-refractivity contribution in [2.24, 2.45) is 0 Å². The minimum Gasteiger partial charge on any atom is -0.308 e. The molecule has 298 valence electrons. The third-order valence-electron chi connectivity index (χ3n) is 17.9. The quantitative estimate of drug-likeness (QED) is 0.113. The van der Waals surface area contributed by atoms with Crippen LogP contribution < -0.4 is 5.43 Å². The summed E-state index contributed by atoms with van der Waals surface area (Å²) in [6.45, 7) is 0. The van der Waals surface area contributed by atoms with E-state index in [2.05, 4.69) is 156 Å². The lowest BCUT2D eigenvalue weighted by molar-refractivity contribution is 0.0839. The van der Waals surface area contributed by atoms with Gasteiger partial charge in [0.15, 0.2) is 17.0 Å². The van der Waals surface area contributed by atoms with Crippen molar-refractivity contribution >= 4 is 82.0 Å². The number of benzene rings is 10. The number of Topliss-reactive ketones (excluding diaryl/α,β-unsaturated/α-hetero) is 2. The van der Waals surface area contributed by atoms with E-state index in [1.807, 2.05) is 12.1 Å². The van der Waals surface area contributed by atoms with Gasteiger partial charge >= 0.3 is 0 Å². The fraction of sp³-hybridized carbons (Fsp3) is 0.0984. The van der Waals surface area contributed by atoms with Gasteiger partial charge in [-0.15, -0.1) is 0 Å². The molecule has 0 bridgehead atoms. The molecule has 10 aromatic carbocycles. The summed E-state index contributed by atoms with van der Waals surface area (Å²) in [5, 5.41) is 9.49. The van der Waals surface area contributed by atoms with Crippen LogP contribution in [0.1, 0.15) is 100 Å². The van der Waals surface area contributed by atoms with Crippen LogP contribution in [0.3, 0.4) is 0 Å². The van der Waals surface area contributed by atoms with Crippen molar-refractivity contribution in [1.82, 2.24) is 4.40 Å². The first kappa shape index (κ1) is 32.7. The molecule has 0 aliphatic heterocycles. The highest BCUT2D eigenvalue weighted by molar-refractivity contribution is 6.37. The average Bonchev–Trinajstić information content (AvgIpc) is 3.81. The predicted octanol–water partition coefficient (Wildman–Crippen LogP) is 12.5. The van der Waals surface area contributed by atoms with E-state index in [0.29, 0.717) is 5.39 Å². The summed E-state index contributed by atoms with van der Waals surface area (Å²) < 4.78 is 2.31. The largest absolute Gasteiger partial charge is 0.308 e. The van der Waals surface area contributed by atoms with Gasteiger partial charge in [-0.05, 0) is 102 Å². The van der Waals surface area contributed by atoms with Crippen molar-refractivity contribution in [2.45, 2.75) is 34.5 Å². The SMILES string of the molecule is O=C1c2cc3c(cc2C2c4ccccc4C24c2ccccc2C14)c1cc2c4cccc5cccc(c(=O)c2c2c6cc7c(cc6n3c12)C(=O)C1c2ccccc2C12c1ccccc1C72)c54. The van der Waals surface area contributed by atoms with E-state index in [1.54, 1.807) is 0 Å². The Morgan fingerprint density at radius 1 is 0.354 bits per heavy atom. The Morgan fingerprint density at radius 2 is 0.831 bits per heavy atom. The van der Waals surface area contributed by atoms with Crippen molar-refractivity contribution < 1.29 is 9.59 Å². The number of carbonyl (C=O) groups excluding carboxylic acids is 2. The number of hydrogen-bond acceptors (Lipinski definition) is 3. The zero-order valence-corrected chi connectivity index (χ0v) is 34.6. The summed E-state index contributed by atoms with van der Waals surface area (Å²) in [6.07, 6.45) is 0. The van der Waals surface area contributed by atoms with Gasteiger partial charge in [0, 0.05) is 71.5 Å². The molecule has 2 aromatic heterocycles. The number of aromatic nitrogens is 1. The molecule has 0 fully saturated rings. The third kappa shape index (κ3) is 3.04. The fourth-order valence-electron chi connectivity index (χ4n) is 15.9. The normalized spacial score (nSPS) is 24.6. The molecule has 12 aromatic rings. The van der Waals surface area contributed by atoms with Crippen LogP contribution in [0.4, 0.5) is 0 Å². The molecule has 2 spiro atoms. The molecule has 6 atom stereocenters. The maximum Gasteiger partial charge on any atom is 0.195 e. The van der Waals surface area contributed by atoms with Gasteiger partial charge in [-0.2, -0.15) is 0 Å². The van der Waals surface area contributed by atoms with E-state index in [9.17, 15) is 0 Å². The minimum absolute atomic E-state index is 0.00845. The van der Waals surface area contributed by atoms with Crippen LogP contribution in [-0.4, -0.2) is 16.0 Å². The first-order valence-corrected chi connectivity index (χ1v) is 22.9. The van der Waals surface area contributed by atoms with Gasteiger partial charge in [0.05, 0.1) is 28.4 Å². The highest BCUT2D eigenvalue weighted by atomic mass is 16.1. The summed E-state index contributed by atoms with van der Waals surface area (Å²) in [6, 6.07) is 58.2. The van der Waals surface area contributed by atoms with Gasteiger partial charge in [0.25, 0.3) is 0 Å². The lowest BCUT2D eigenvalue weighted by atomic mass is 9.36. The Morgan fingerprint density at radius 3 is 1.38 bits per heavy atom. The van der Waals surface area contributed by atoms with E-state index < -0.39 is 5.41 Å². The van der Waals surface area contributed by atoms with Crippen LogP contribution in [0.2, 0.25) is 0 Å².